The average molecular weight is 260 g/mol. The predicted molar refractivity (Wildman–Crippen MR) is 70.2 cm³/mol. The molecule has 0 saturated heterocycles. The van der Waals surface area contributed by atoms with E-state index < -0.39 is 0 Å². The molecule has 4 heteroatoms. The number of anilines is 1. The second kappa shape index (κ2) is 7.51. The highest BCUT2D eigenvalue weighted by atomic mass is 35.5. The first-order valence-electron chi connectivity index (χ1n) is 5.86. The minimum atomic E-state index is -0.325. The maximum Gasteiger partial charge on any atom is 0.124 e. The van der Waals surface area contributed by atoms with Gasteiger partial charge in [0, 0.05) is 13.2 Å². The molecule has 0 atom stereocenters. The van der Waals surface area contributed by atoms with Crippen molar-refractivity contribution in [1.82, 2.24) is 0 Å². The van der Waals surface area contributed by atoms with Crippen molar-refractivity contribution < 1.29 is 9.13 Å². The maximum atomic E-state index is 12.8. The van der Waals surface area contributed by atoms with Crippen LogP contribution in [0.4, 0.5) is 10.1 Å². The Balaban J connectivity index is 2.18. The van der Waals surface area contributed by atoms with Crippen LogP contribution in [0.2, 0.25) is 5.02 Å². The van der Waals surface area contributed by atoms with E-state index in [1.54, 1.807) is 6.07 Å². The first-order valence-corrected chi connectivity index (χ1v) is 6.24. The molecule has 0 aromatic heterocycles. The maximum absolute atomic E-state index is 12.8. The van der Waals surface area contributed by atoms with Crippen molar-refractivity contribution in [3.63, 3.8) is 0 Å². The Bertz CT molecular complexity index is 344. The standard InChI is InChI=1S/C13H19ClFNO/c1-10(2)5-7-17-8-6-16-13-4-3-11(15)9-12(13)14/h3-4,9-10,16H,5-8H2,1-2H3. The highest BCUT2D eigenvalue weighted by Gasteiger charge is 2.00. The monoisotopic (exact) mass is 259 g/mol. The topological polar surface area (TPSA) is 21.3 Å². The van der Waals surface area contributed by atoms with E-state index in [-0.39, 0.29) is 5.82 Å². The van der Waals surface area contributed by atoms with E-state index in [2.05, 4.69) is 19.2 Å². The van der Waals surface area contributed by atoms with Gasteiger partial charge in [-0.3, -0.25) is 0 Å². The van der Waals surface area contributed by atoms with Crippen molar-refractivity contribution in [1.29, 1.82) is 0 Å². The molecular formula is C13H19ClFNO. The van der Waals surface area contributed by atoms with Crippen LogP contribution in [0.5, 0.6) is 0 Å². The molecule has 1 N–H and O–H groups in total. The van der Waals surface area contributed by atoms with E-state index in [0.717, 1.165) is 18.7 Å². The molecule has 1 aromatic rings. The Kier molecular flexibility index (Phi) is 6.30. The summed E-state index contributed by atoms with van der Waals surface area (Å²) in [5.74, 6) is 0.336. The molecule has 1 aromatic carbocycles. The molecule has 0 unspecified atom stereocenters. The van der Waals surface area contributed by atoms with Gasteiger partial charge in [0.05, 0.1) is 17.3 Å². The lowest BCUT2D eigenvalue weighted by Gasteiger charge is -2.09. The number of hydrogen-bond donors (Lipinski definition) is 1. The molecule has 0 radical (unpaired) electrons. The Morgan fingerprint density at radius 2 is 2.12 bits per heavy atom. The van der Waals surface area contributed by atoms with Gasteiger partial charge in [-0.05, 0) is 30.5 Å². The number of nitrogens with one attached hydrogen (secondary N) is 1. The third kappa shape index (κ3) is 5.89. The fourth-order valence-corrected chi connectivity index (χ4v) is 1.55. The van der Waals surface area contributed by atoms with Gasteiger partial charge in [-0.1, -0.05) is 25.4 Å². The second-order valence-electron chi connectivity index (χ2n) is 4.35. The average Bonchev–Trinajstić information content (AvgIpc) is 2.25. The van der Waals surface area contributed by atoms with Crippen LogP contribution in [-0.2, 0) is 4.74 Å². The van der Waals surface area contributed by atoms with E-state index in [1.165, 1.54) is 12.1 Å². The predicted octanol–water partition coefficient (Wildman–Crippen LogP) is 3.95. The summed E-state index contributed by atoms with van der Waals surface area (Å²) >= 11 is 5.87. The van der Waals surface area contributed by atoms with Gasteiger partial charge in [0.15, 0.2) is 0 Å². The summed E-state index contributed by atoms with van der Waals surface area (Å²) in [6.45, 7) is 6.40. The molecule has 0 fully saturated rings. The van der Waals surface area contributed by atoms with Crippen molar-refractivity contribution in [3.05, 3.63) is 29.0 Å². The SMILES string of the molecule is CC(C)CCOCCNc1ccc(F)cc1Cl. The molecule has 0 heterocycles. The van der Waals surface area contributed by atoms with Crippen molar-refractivity contribution in [2.24, 2.45) is 5.92 Å². The molecule has 17 heavy (non-hydrogen) atoms. The normalized spacial score (nSPS) is 10.9. The van der Waals surface area contributed by atoms with E-state index >= 15 is 0 Å². The van der Waals surface area contributed by atoms with Gasteiger partial charge in [-0.25, -0.2) is 4.39 Å². The van der Waals surface area contributed by atoms with Gasteiger partial charge >= 0.3 is 0 Å². The molecule has 0 bridgehead atoms. The summed E-state index contributed by atoms with van der Waals surface area (Å²) < 4.78 is 18.2. The Labute approximate surface area is 107 Å². The van der Waals surface area contributed by atoms with E-state index in [0.29, 0.717) is 24.1 Å². The van der Waals surface area contributed by atoms with E-state index in [1.807, 2.05) is 0 Å². The molecule has 1 rings (SSSR count). The number of halogens is 2. The van der Waals surface area contributed by atoms with Crippen molar-refractivity contribution in [3.8, 4) is 0 Å². The fourth-order valence-electron chi connectivity index (χ4n) is 1.31. The van der Waals surface area contributed by atoms with Gasteiger partial charge in [-0.15, -0.1) is 0 Å². The number of benzene rings is 1. The minimum absolute atomic E-state index is 0.325. The van der Waals surface area contributed by atoms with E-state index in [4.69, 9.17) is 16.3 Å². The van der Waals surface area contributed by atoms with Crippen molar-refractivity contribution in [2.45, 2.75) is 20.3 Å². The molecule has 0 saturated carbocycles. The van der Waals surface area contributed by atoms with Crippen LogP contribution < -0.4 is 5.32 Å². The Hall–Kier alpha value is -0.800. The lowest BCUT2D eigenvalue weighted by Crippen LogP contribution is -2.11. The van der Waals surface area contributed by atoms with Crippen molar-refractivity contribution >= 4 is 17.3 Å². The third-order valence-electron chi connectivity index (χ3n) is 2.33. The van der Waals surface area contributed by atoms with Crippen LogP contribution in [0.15, 0.2) is 18.2 Å². The first-order chi connectivity index (χ1) is 8.09. The molecule has 0 aliphatic heterocycles. The Morgan fingerprint density at radius 1 is 1.35 bits per heavy atom. The van der Waals surface area contributed by atoms with Crippen LogP contribution in [0, 0.1) is 11.7 Å². The Morgan fingerprint density at radius 3 is 2.76 bits per heavy atom. The quantitative estimate of drug-likeness (QED) is 0.749. The summed E-state index contributed by atoms with van der Waals surface area (Å²) in [6.07, 6.45) is 1.07. The van der Waals surface area contributed by atoms with Gasteiger partial charge in [-0.2, -0.15) is 0 Å². The molecule has 0 aliphatic rings. The summed E-state index contributed by atoms with van der Waals surface area (Å²) in [7, 11) is 0. The number of rotatable bonds is 7. The van der Waals surface area contributed by atoms with Crippen LogP contribution >= 0.6 is 11.6 Å². The lowest BCUT2D eigenvalue weighted by molar-refractivity contribution is 0.132. The van der Waals surface area contributed by atoms with Crippen LogP contribution in [-0.4, -0.2) is 19.8 Å². The number of ether oxygens (including phenoxy) is 1. The van der Waals surface area contributed by atoms with Gasteiger partial charge in [0.1, 0.15) is 5.82 Å². The summed E-state index contributed by atoms with van der Waals surface area (Å²) in [5, 5.41) is 3.50. The highest BCUT2D eigenvalue weighted by Crippen LogP contribution is 2.21. The zero-order valence-electron chi connectivity index (χ0n) is 10.3. The number of hydrogen-bond acceptors (Lipinski definition) is 2. The molecule has 0 spiro atoms. The summed E-state index contributed by atoms with van der Waals surface area (Å²) in [4.78, 5) is 0. The van der Waals surface area contributed by atoms with Gasteiger partial charge in [0.25, 0.3) is 0 Å². The molecule has 96 valence electrons. The highest BCUT2D eigenvalue weighted by molar-refractivity contribution is 6.33. The van der Waals surface area contributed by atoms with E-state index in [9.17, 15) is 4.39 Å². The van der Waals surface area contributed by atoms with Crippen LogP contribution in [0.3, 0.4) is 0 Å². The molecule has 0 amide bonds. The smallest absolute Gasteiger partial charge is 0.124 e. The van der Waals surface area contributed by atoms with Gasteiger partial charge in [0.2, 0.25) is 0 Å². The van der Waals surface area contributed by atoms with Crippen LogP contribution in [0.1, 0.15) is 20.3 Å². The zero-order valence-corrected chi connectivity index (χ0v) is 11.1. The summed E-state index contributed by atoms with van der Waals surface area (Å²) in [6, 6.07) is 4.31. The fraction of sp³-hybridized carbons (Fsp3) is 0.538. The minimum Gasteiger partial charge on any atom is -0.382 e. The van der Waals surface area contributed by atoms with Crippen LogP contribution in [0.25, 0.3) is 0 Å². The largest absolute Gasteiger partial charge is 0.382 e. The summed E-state index contributed by atoms with van der Waals surface area (Å²) in [5.41, 5.74) is 0.737. The molecule has 2 nitrogen and oxygen atoms in total. The third-order valence-corrected chi connectivity index (χ3v) is 2.65. The first kappa shape index (κ1) is 14.3. The molecular weight excluding hydrogens is 241 g/mol. The molecule has 0 aliphatic carbocycles. The zero-order chi connectivity index (χ0) is 12.7. The second-order valence-corrected chi connectivity index (χ2v) is 4.75. The lowest BCUT2D eigenvalue weighted by atomic mass is 10.1. The van der Waals surface area contributed by atoms with Crippen molar-refractivity contribution in [2.75, 3.05) is 25.1 Å². The van der Waals surface area contributed by atoms with Gasteiger partial charge < -0.3 is 10.1 Å².